The maximum atomic E-state index is 12.0. The van der Waals surface area contributed by atoms with Crippen molar-refractivity contribution >= 4 is 0 Å². The summed E-state index contributed by atoms with van der Waals surface area (Å²) >= 11 is 0. The van der Waals surface area contributed by atoms with E-state index >= 15 is 0 Å². The van der Waals surface area contributed by atoms with Crippen LogP contribution in [-0.4, -0.2) is 26.9 Å². The largest absolute Gasteiger partial charge is 0.391 e. The summed E-state index contributed by atoms with van der Waals surface area (Å²) < 4.78 is 37.0. The monoisotopic (exact) mass is 250 g/mol. The highest BCUT2D eigenvalue weighted by Crippen LogP contribution is 2.21. The molecule has 17 heavy (non-hydrogen) atoms. The van der Waals surface area contributed by atoms with Gasteiger partial charge in [0.1, 0.15) is 0 Å². The molecule has 0 aliphatic rings. The lowest BCUT2D eigenvalue weighted by molar-refractivity contribution is -0.154. The second-order valence-electron chi connectivity index (χ2n) is 3.89. The Morgan fingerprint density at radius 1 is 1.47 bits per heavy atom. The number of aryl methyl sites for hydroxylation is 1. The van der Waals surface area contributed by atoms with E-state index in [4.69, 9.17) is 0 Å². The standard InChI is InChI=1S/C10H13F3N2O2/c1-6-7(2)14-5-15(9(6)17)4-8(16)3-10(11,12)13/h5,8,16H,3-4H2,1-2H3. The average molecular weight is 250 g/mol. The molecule has 96 valence electrons. The molecule has 1 rings (SSSR count). The number of aliphatic hydroxyl groups is 1. The first-order valence-electron chi connectivity index (χ1n) is 4.98. The van der Waals surface area contributed by atoms with Gasteiger partial charge in [0.05, 0.1) is 25.4 Å². The Kier molecular flexibility index (Phi) is 3.92. The summed E-state index contributed by atoms with van der Waals surface area (Å²) in [6, 6.07) is 0. The van der Waals surface area contributed by atoms with E-state index in [0.717, 1.165) is 10.9 Å². The minimum Gasteiger partial charge on any atom is -0.391 e. The van der Waals surface area contributed by atoms with Crippen LogP contribution in [0.1, 0.15) is 17.7 Å². The van der Waals surface area contributed by atoms with E-state index in [9.17, 15) is 23.1 Å². The van der Waals surface area contributed by atoms with Gasteiger partial charge >= 0.3 is 6.18 Å². The quantitative estimate of drug-likeness (QED) is 0.876. The number of hydrogen-bond acceptors (Lipinski definition) is 3. The highest BCUT2D eigenvalue weighted by molar-refractivity contribution is 5.12. The van der Waals surface area contributed by atoms with Gasteiger partial charge < -0.3 is 5.11 Å². The van der Waals surface area contributed by atoms with Gasteiger partial charge in [0, 0.05) is 11.3 Å². The molecule has 1 unspecified atom stereocenters. The second-order valence-corrected chi connectivity index (χ2v) is 3.89. The van der Waals surface area contributed by atoms with Crippen molar-refractivity contribution in [3.8, 4) is 0 Å². The molecule has 0 aliphatic heterocycles. The Morgan fingerprint density at radius 3 is 2.59 bits per heavy atom. The number of hydrogen-bond donors (Lipinski definition) is 1. The van der Waals surface area contributed by atoms with Crippen LogP contribution in [0.5, 0.6) is 0 Å². The van der Waals surface area contributed by atoms with Crippen LogP contribution in [-0.2, 0) is 6.54 Å². The highest BCUT2D eigenvalue weighted by Gasteiger charge is 2.31. The molecule has 0 aliphatic carbocycles. The van der Waals surface area contributed by atoms with E-state index in [-0.39, 0.29) is 0 Å². The topological polar surface area (TPSA) is 55.1 Å². The lowest BCUT2D eigenvalue weighted by Gasteiger charge is -2.14. The molecule has 1 N–H and O–H groups in total. The molecule has 4 nitrogen and oxygen atoms in total. The Labute approximate surface area is 95.7 Å². The molecule has 0 aromatic carbocycles. The zero-order valence-electron chi connectivity index (χ0n) is 9.45. The van der Waals surface area contributed by atoms with Crippen molar-refractivity contribution in [2.45, 2.75) is 39.1 Å². The van der Waals surface area contributed by atoms with Crippen LogP contribution in [0.25, 0.3) is 0 Å². The molecule has 0 saturated carbocycles. The number of nitrogens with zero attached hydrogens (tertiary/aromatic N) is 2. The molecule has 0 fully saturated rings. The smallest absolute Gasteiger partial charge is 0.391 e. The molecule has 7 heteroatoms. The van der Waals surface area contributed by atoms with E-state index in [2.05, 4.69) is 4.98 Å². The average Bonchev–Trinajstić information content (AvgIpc) is 2.16. The molecular formula is C10H13F3N2O2. The molecular weight excluding hydrogens is 237 g/mol. The van der Waals surface area contributed by atoms with Crippen molar-refractivity contribution in [2.75, 3.05) is 0 Å². The Morgan fingerprint density at radius 2 is 2.06 bits per heavy atom. The molecule has 0 spiro atoms. The van der Waals surface area contributed by atoms with Crippen LogP contribution in [0, 0.1) is 13.8 Å². The SMILES string of the molecule is Cc1ncn(CC(O)CC(F)(F)F)c(=O)c1C. The summed E-state index contributed by atoms with van der Waals surface area (Å²) in [4.78, 5) is 15.5. The number of alkyl halides is 3. The van der Waals surface area contributed by atoms with Crippen molar-refractivity contribution in [2.24, 2.45) is 0 Å². The maximum Gasteiger partial charge on any atom is 0.391 e. The molecule has 1 heterocycles. The number of aliphatic hydroxyl groups excluding tert-OH is 1. The van der Waals surface area contributed by atoms with Crippen molar-refractivity contribution in [3.05, 3.63) is 27.9 Å². The van der Waals surface area contributed by atoms with Gasteiger partial charge in [-0.25, -0.2) is 4.98 Å². The predicted molar refractivity (Wildman–Crippen MR) is 54.6 cm³/mol. The first kappa shape index (κ1) is 13.7. The summed E-state index contributed by atoms with van der Waals surface area (Å²) in [6.07, 6.45) is -6.29. The summed E-state index contributed by atoms with van der Waals surface area (Å²) in [5, 5.41) is 9.22. The minimum atomic E-state index is -4.45. The molecule has 1 aromatic heterocycles. The second kappa shape index (κ2) is 4.87. The van der Waals surface area contributed by atoms with Crippen LogP contribution in [0.3, 0.4) is 0 Å². The van der Waals surface area contributed by atoms with E-state index in [1.54, 1.807) is 6.92 Å². The normalized spacial score (nSPS) is 13.8. The minimum absolute atomic E-state index is 0.367. The fraction of sp³-hybridized carbons (Fsp3) is 0.600. The summed E-state index contributed by atoms with van der Waals surface area (Å²) in [6.45, 7) is 2.76. The van der Waals surface area contributed by atoms with Gasteiger partial charge in [0.25, 0.3) is 5.56 Å². The summed E-state index contributed by atoms with van der Waals surface area (Å²) in [5.74, 6) is 0. The van der Waals surface area contributed by atoms with Crippen LogP contribution < -0.4 is 5.56 Å². The van der Waals surface area contributed by atoms with Crippen LogP contribution in [0.15, 0.2) is 11.1 Å². The van der Waals surface area contributed by atoms with E-state index < -0.39 is 30.8 Å². The number of rotatable bonds is 3. The fourth-order valence-corrected chi connectivity index (χ4v) is 1.36. The third-order valence-corrected chi connectivity index (χ3v) is 2.39. The number of aromatic nitrogens is 2. The molecule has 0 radical (unpaired) electrons. The van der Waals surface area contributed by atoms with Crippen molar-refractivity contribution < 1.29 is 18.3 Å². The Hall–Kier alpha value is -1.37. The lowest BCUT2D eigenvalue weighted by atomic mass is 10.2. The first-order valence-corrected chi connectivity index (χ1v) is 4.98. The highest BCUT2D eigenvalue weighted by atomic mass is 19.4. The predicted octanol–water partition coefficient (Wildman–Crippen LogP) is 1.17. The van der Waals surface area contributed by atoms with E-state index in [1.807, 2.05) is 0 Å². The fourth-order valence-electron chi connectivity index (χ4n) is 1.36. The van der Waals surface area contributed by atoms with E-state index in [0.29, 0.717) is 11.3 Å². The summed E-state index contributed by atoms with van der Waals surface area (Å²) in [7, 11) is 0. The molecule has 0 bridgehead atoms. The Balaban J connectivity index is 2.83. The van der Waals surface area contributed by atoms with Gasteiger partial charge in [-0.15, -0.1) is 0 Å². The molecule has 1 aromatic rings. The van der Waals surface area contributed by atoms with Gasteiger partial charge in [-0.05, 0) is 13.8 Å². The molecule has 1 atom stereocenters. The first-order chi connectivity index (χ1) is 7.70. The van der Waals surface area contributed by atoms with Gasteiger partial charge in [0.2, 0.25) is 0 Å². The van der Waals surface area contributed by atoms with E-state index in [1.165, 1.54) is 6.92 Å². The molecule has 0 saturated heterocycles. The van der Waals surface area contributed by atoms with Gasteiger partial charge in [0.15, 0.2) is 0 Å². The number of halogens is 3. The van der Waals surface area contributed by atoms with Crippen LogP contribution in [0.2, 0.25) is 0 Å². The van der Waals surface area contributed by atoms with Crippen LogP contribution >= 0.6 is 0 Å². The van der Waals surface area contributed by atoms with Gasteiger partial charge in [-0.3, -0.25) is 9.36 Å². The van der Waals surface area contributed by atoms with Gasteiger partial charge in [-0.1, -0.05) is 0 Å². The zero-order valence-corrected chi connectivity index (χ0v) is 9.45. The maximum absolute atomic E-state index is 12.0. The van der Waals surface area contributed by atoms with Crippen molar-refractivity contribution in [3.63, 3.8) is 0 Å². The summed E-state index contributed by atoms with van der Waals surface area (Å²) in [5.41, 5.74) is 0.460. The van der Waals surface area contributed by atoms with Crippen molar-refractivity contribution in [1.82, 2.24) is 9.55 Å². The zero-order chi connectivity index (χ0) is 13.2. The third kappa shape index (κ3) is 3.85. The molecule has 0 amide bonds. The lowest BCUT2D eigenvalue weighted by Crippen LogP contribution is -2.31. The van der Waals surface area contributed by atoms with Crippen molar-refractivity contribution in [1.29, 1.82) is 0 Å². The van der Waals surface area contributed by atoms with Gasteiger partial charge in [-0.2, -0.15) is 13.2 Å². The Bertz CT molecular complexity index is 454. The third-order valence-electron chi connectivity index (χ3n) is 2.39. The van der Waals surface area contributed by atoms with Crippen LogP contribution in [0.4, 0.5) is 13.2 Å².